The molecule has 1 aromatic carbocycles. The zero-order valence-electron chi connectivity index (χ0n) is 13.7. The van der Waals surface area contributed by atoms with E-state index in [1.165, 1.54) is 0 Å². The lowest BCUT2D eigenvalue weighted by Crippen LogP contribution is -2.22. The molecule has 0 atom stereocenters. The van der Waals surface area contributed by atoms with E-state index in [9.17, 15) is 4.79 Å². The maximum Gasteiger partial charge on any atom is 0.253 e. The summed E-state index contributed by atoms with van der Waals surface area (Å²) in [6, 6.07) is 12.9. The average molecular weight is 353 g/mol. The van der Waals surface area contributed by atoms with Crippen LogP contribution in [0.4, 0.5) is 11.5 Å². The summed E-state index contributed by atoms with van der Waals surface area (Å²) in [5.41, 5.74) is 3.27. The fourth-order valence-electron chi connectivity index (χ4n) is 2.27. The number of hydrogen-bond donors (Lipinski definition) is 2. The van der Waals surface area contributed by atoms with Crippen molar-refractivity contribution in [2.75, 3.05) is 5.32 Å². The molecule has 1 amide bonds. The molecule has 0 unspecified atom stereocenters. The highest BCUT2D eigenvalue weighted by atomic mass is 35.5. The van der Waals surface area contributed by atoms with Crippen molar-refractivity contribution in [2.24, 2.45) is 0 Å². The first-order valence-corrected chi connectivity index (χ1v) is 8.16. The van der Waals surface area contributed by atoms with Crippen LogP contribution in [0.2, 0.25) is 5.02 Å². The van der Waals surface area contributed by atoms with Crippen LogP contribution >= 0.6 is 11.6 Å². The zero-order chi connectivity index (χ0) is 17.6. The number of hydrogen-bond acceptors (Lipinski definition) is 4. The van der Waals surface area contributed by atoms with Crippen LogP contribution in [0, 0.1) is 6.92 Å². The summed E-state index contributed by atoms with van der Waals surface area (Å²) in [7, 11) is 0. The van der Waals surface area contributed by atoms with E-state index >= 15 is 0 Å². The van der Waals surface area contributed by atoms with Gasteiger partial charge in [0.15, 0.2) is 0 Å². The van der Waals surface area contributed by atoms with Crippen LogP contribution in [0.25, 0.3) is 0 Å². The molecule has 2 N–H and O–H groups in total. The Morgan fingerprint density at radius 1 is 1.12 bits per heavy atom. The van der Waals surface area contributed by atoms with Gasteiger partial charge in [0.25, 0.3) is 5.91 Å². The van der Waals surface area contributed by atoms with Gasteiger partial charge in [0.1, 0.15) is 5.82 Å². The Morgan fingerprint density at radius 3 is 2.72 bits per heavy atom. The van der Waals surface area contributed by atoms with Crippen molar-refractivity contribution in [1.29, 1.82) is 0 Å². The molecular formula is C19H17ClN4O. The lowest BCUT2D eigenvalue weighted by Gasteiger charge is -2.10. The Kier molecular flexibility index (Phi) is 5.26. The first-order valence-electron chi connectivity index (χ1n) is 7.79. The molecular weight excluding hydrogens is 336 g/mol. The van der Waals surface area contributed by atoms with Crippen LogP contribution in [0.15, 0.2) is 61.1 Å². The standard InChI is InChI=1S/C19H17ClN4O/c1-13-16(20)5-2-6-17(13)24-18-8-7-15(12-22-18)19(25)23-11-14-4-3-9-21-10-14/h2-10,12H,11H2,1H3,(H,22,24)(H,23,25). The van der Waals surface area contributed by atoms with Crippen LogP contribution in [-0.2, 0) is 6.54 Å². The number of amides is 1. The van der Waals surface area contributed by atoms with E-state index < -0.39 is 0 Å². The summed E-state index contributed by atoms with van der Waals surface area (Å²) < 4.78 is 0. The van der Waals surface area contributed by atoms with Gasteiger partial charge in [0.2, 0.25) is 0 Å². The molecule has 3 rings (SSSR count). The Morgan fingerprint density at radius 2 is 2.00 bits per heavy atom. The highest BCUT2D eigenvalue weighted by molar-refractivity contribution is 6.31. The Balaban J connectivity index is 1.63. The van der Waals surface area contributed by atoms with Crippen molar-refractivity contribution >= 4 is 29.0 Å². The fourth-order valence-corrected chi connectivity index (χ4v) is 2.44. The van der Waals surface area contributed by atoms with Gasteiger partial charge >= 0.3 is 0 Å². The van der Waals surface area contributed by atoms with Crippen molar-refractivity contribution in [3.8, 4) is 0 Å². The predicted octanol–water partition coefficient (Wildman–Crippen LogP) is 4.11. The molecule has 25 heavy (non-hydrogen) atoms. The average Bonchev–Trinajstić information content (AvgIpc) is 2.65. The third-order valence-corrected chi connectivity index (χ3v) is 4.14. The molecule has 2 aromatic heterocycles. The van der Waals surface area contributed by atoms with Gasteiger partial charge in [-0.2, -0.15) is 0 Å². The van der Waals surface area contributed by atoms with E-state index in [0.717, 1.165) is 16.8 Å². The highest BCUT2D eigenvalue weighted by Crippen LogP contribution is 2.25. The second-order valence-electron chi connectivity index (χ2n) is 5.51. The van der Waals surface area contributed by atoms with Crippen molar-refractivity contribution in [3.05, 3.63) is 82.8 Å². The minimum absolute atomic E-state index is 0.179. The number of carbonyl (C=O) groups excluding carboxylic acids is 1. The molecule has 0 bridgehead atoms. The molecule has 0 spiro atoms. The van der Waals surface area contributed by atoms with Crippen LogP contribution in [-0.4, -0.2) is 15.9 Å². The van der Waals surface area contributed by atoms with E-state index in [1.807, 2.05) is 37.3 Å². The lowest BCUT2D eigenvalue weighted by molar-refractivity contribution is 0.0950. The zero-order valence-corrected chi connectivity index (χ0v) is 14.4. The number of anilines is 2. The summed E-state index contributed by atoms with van der Waals surface area (Å²) in [6.07, 6.45) is 4.96. The topological polar surface area (TPSA) is 66.9 Å². The van der Waals surface area contributed by atoms with Gasteiger partial charge in [-0.25, -0.2) is 4.98 Å². The number of nitrogens with zero attached hydrogens (tertiary/aromatic N) is 2. The monoisotopic (exact) mass is 352 g/mol. The highest BCUT2D eigenvalue weighted by Gasteiger charge is 2.07. The second-order valence-corrected chi connectivity index (χ2v) is 5.92. The van der Waals surface area contributed by atoms with Crippen molar-refractivity contribution in [3.63, 3.8) is 0 Å². The van der Waals surface area contributed by atoms with Gasteiger partial charge < -0.3 is 10.6 Å². The quantitative estimate of drug-likeness (QED) is 0.725. The van der Waals surface area contributed by atoms with E-state index in [2.05, 4.69) is 20.6 Å². The largest absolute Gasteiger partial charge is 0.348 e. The molecule has 126 valence electrons. The molecule has 0 aliphatic heterocycles. The minimum Gasteiger partial charge on any atom is -0.348 e. The van der Waals surface area contributed by atoms with Gasteiger partial charge in [-0.1, -0.05) is 23.7 Å². The molecule has 3 aromatic rings. The van der Waals surface area contributed by atoms with Crippen LogP contribution in [0.1, 0.15) is 21.5 Å². The van der Waals surface area contributed by atoms with E-state index in [4.69, 9.17) is 11.6 Å². The van der Waals surface area contributed by atoms with E-state index in [0.29, 0.717) is 22.9 Å². The third-order valence-electron chi connectivity index (χ3n) is 3.73. The summed E-state index contributed by atoms with van der Waals surface area (Å²) in [5, 5.41) is 6.74. The molecule has 0 aliphatic carbocycles. The number of carbonyl (C=O) groups is 1. The Labute approximate surface area is 151 Å². The summed E-state index contributed by atoms with van der Waals surface area (Å²) in [5.74, 6) is 0.469. The number of aromatic nitrogens is 2. The van der Waals surface area contributed by atoms with Crippen molar-refractivity contribution in [2.45, 2.75) is 13.5 Å². The maximum atomic E-state index is 12.2. The molecule has 2 heterocycles. The van der Waals surface area contributed by atoms with Gasteiger partial charge in [-0.15, -0.1) is 0 Å². The predicted molar refractivity (Wildman–Crippen MR) is 99.1 cm³/mol. The number of pyridine rings is 2. The summed E-state index contributed by atoms with van der Waals surface area (Å²) in [4.78, 5) is 20.5. The Hall–Kier alpha value is -2.92. The molecule has 6 heteroatoms. The van der Waals surface area contributed by atoms with Gasteiger partial charge in [0, 0.05) is 35.8 Å². The van der Waals surface area contributed by atoms with Gasteiger partial charge in [-0.05, 0) is 48.4 Å². The summed E-state index contributed by atoms with van der Waals surface area (Å²) in [6.45, 7) is 2.36. The maximum absolute atomic E-state index is 12.2. The Bertz CT molecular complexity index is 866. The normalized spacial score (nSPS) is 10.3. The van der Waals surface area contributed by atoms with E-state index in [1.54, 1.807) is 30.7 Å². The lowest BCUT2D eigenvalue weighted by atomic mass is 10.2. The minimum atomic E-state index is -0.179. The fraction of sp³-hybridized carbons (Fsp3) is 0.105. The summed E-state index contributed by atoms with van der Waals surface area (Å²) >= 11 is 6.11. The molecule has 0 aliphatic rings. The van der Waals surface area contributed by atoms with E-state index in [-0.39, 0.29) is 5.91 Å². The van der Waals surface area contributed by atoms with Gasteiger partial charge in [0.05, 0.1) is 5.56 Å². The smallest absolute Gasteiger partial charge is 0.253 e. The number of nitrogens with one attached hydrogen (secondary N) is 2. The number of benzene rings is 1. The molecule has 0 saturated carbocycles. The first kappa shape index (κ1) is 16.9. The molecule has 0 fully saturated rings. The second kappa shape index (κ2) is 7.77. The number of rotatable bonds is 5. The molecule has 0 saturated heterocycles. The third kappa shape index (κ3) is 4.33. The van der Waals surface area contributed by atoms with Crippen molar-refractivity contribution < 1.29 is 4.79 Å². The van der Waals surface area contributed by atoms with Gasteiger partial charge in [-0.3, -0.25) is 9.78 Å². The SMILES string of the molecule is Cc1c(Cl)cccc1Nc1ccc(C(=O)NCc2cccnc2)cn1. The number of halogens is 1. The van der Waals surface area contributed by atoms with Crippen LogP contribution in [0.3, 0.4) is 0 Å². The molecule has 0 radical (unpaired) electrons. The molecule has 5 nitrogen and oxygen atoms in total. The van der Waals surface area contributed by atoms with Crippen molar-refractivity contribution in [1.82, 2.24) is 15.3 Å². The van der Waals surface area contributed by atoms with Crippen LogP contribution < -0.4 is 10.6 Å². The first-order chi connectivity index (χ1) is 12.1. The van der Waals surface area contributed by atoms with Crippen LogP contribution in [0.5, 0.6) is 0 Å².